The maximum absolute atomic E-state index is 13.5. The number of alkyl halides is 3. The third-order valence-electron chi connectivity index (χ3n) is 7.93. The van der Waals surface area contributed by atoms with Crippen LogP contribution in [0.1, 0.15) is 42.5 Å². The number of hydrogen-bond donors (Lipinski definition) is 3. The molecule has 2 aliphatic heterocycles. The summed E-state index contributed by atoms with van der Waals surface area (Å²) in [6, 6.07) is 14.5. The Bertz CT molecular complexity index is 1340. The standard InChI is InChI=1S/C27H37N5O3S.C2HF3O2/c33-27(32-19-17-30(18-20-32)23-7-3-1-4-8-23)22-11-12-26(31-15-13-28-14-16-31)25(21-22)29-36(34,35)24-9-5-2-6-10-24;3-2(4,5)1(6)7/h2,5-6,9-12,21,23,28-29H,1,3-4,7-8,13-20H2;(H,6,7). The van der Waals surface area contributed by atoms with E-state index in [0.29, 0.717) is 30.4 Å². The smallest absolute Gasteiger partial charge is 0.475 e. The van der Waals surface area contributed by atoms with Gasteiger partial charge >= 0.3 is 12.1 Å². The lowest BCUT2D eigenvalue weighted by Crippen LogP contribution is -2.52. The lowest BCUT2D eigenvalue weighted by atomic mass is 9.94. The number of hydrogen-bond acceptors (Lipinski definition) is 7. The third kappa shape index (κ3) is 8.83. The van der Waals surface area contributed by atoms with E-state index in [1.807, 2.05) is 17.0 Å². The molecular formula is C29H38F3N5O5S. The number of nitrogens with one attached hydrogen (secondary N) is 2. The monoisotopic (exact) mass is 625 g/mol. The summed E-state index contributed by atoms with van der Waals surface area (Å²) in [5.74, 6) is -2.79. The fourth-order valence-corrected chi connectivity index (χ4v) is 6.74. The van der Waals surface area contributed by atoms with E-state index in [-0.39, 0.29) is 10.8 Å². The molecule has 0 aromatic heterocycles. The molecule has 0 spiro atoms. The van der Waals surface area contributed by atoms with E-state index in [0.717, 1.165) is 45.0 Å². The average Bonchev–Trinajstić information content (AvgIpc) is 3.02. The Kier molecular flexibility index (Phi) is 10.9. The third-order valence-corrected chi connectivity index (χ3v) is 9.32. The second kappa shape index (κ2) is 14.4. The topological polar surface area (TPSA) is 122 Å². The highest BCUT2D eigenvalue weighted by Crippen LogP contribution is 2.31. The second-order valence-electron chi connectivity index (χ2n) is 10.8. The summed E-state index contributed by atoms with van der Waals surface area (Å²) in [4.78, 5) is 29.2. The molecule has 0 radical (unpaired) electrons. The van der Waals surface area contributed by atoms with E-state index in [1.54, 1.807) is 36.4 Å². The maximum Gasteiger partial charge on any atom is 0.490 e. The van der Waals surface area contributed by atoms with Crippen LogP contribution < -0.4 is 14.9 Å². The van der Waals surface area contributed by atoms with Gasteiger partial charge in [-0.05, 0) is 43.2 Å². The highest BCUT2D eigenvalue weighted by Gasteiger charge is 2.38. The minimum Gasteiger partial charge on any atom is -0.475 e. The van der Waals surface area contributed by atoms with Crippen LogP contribution in [-0.4, -0.2) is 99.8 Å². The molecule has 14 heteroatoms. The van der Waals surface area contributed by atoms with Gasteiger partial charge in [-0.3, -0.25) is 14.4 Å². The van der Waals surface area contributed by atoms with Crippen molar-refractivity contribution in [2.75, 3.05) is 62.0 Å². The number of amides is 1. The molecule has 10 nitrogen and oxygen atoms in total. The van der Waals surface area contributed by atoms with Gasteiger partial charge in [0, 0.05) is 64.0 Å². The summed E-state index contributed by atoms with van der Waals surface area (Å²) in [6.07, 6.45) is 1.42. The van der Waals surface area contributed by atoms with Gasteiger partial charge in [-0.25, -0.2) is 13.2 Å². The first-order valence-electron chi connectivity index (χ1n) is 14.5. The summed E-state index contributed by atoms with van der Waals surface area (Å²) < 4.78 is 60.8. The first-order valence-corrected chi connectivity index (χ1v) is 15.9. The maximum atomic E-state index is 13.5. The number of carbonyl (C=O) groups is 2. The second-order valence-corrected chi connectivity index (χ2v) is 12.5. The van der Waals surface area contributed by atoms with Crippen molar-refractivity contribution < 1.29 is 36.3 Å². The van der Waals surface area contributed by atoms with Crippen LogP contribution in [0.15, 0.2) is 53.4 Å². The fraction of sp³-hybridized carbons (Fsp3) is 0.517. The molecule has 0 unspecified atom stereocenters. The van der Waals surface area contributed by atoms with Crippen molar-refractivity contribution >= 4 is 33.3 Å². The van der Waals surface area contributed by atoms with Crippen LogP contribution in [0.4, 0.5) is 24.5 Å². The Hall–Kier alpha value is -3.36. The van der Waals surface area contributed by atoms with Crippen molar-refractivity contribution in [2.24, 2.45) is 0 Å². The summed E-state index contributed by atoms with van der Waals surface area (Å²) >= 11 is 0. The average molecular weight is 626 g/mol. The van der Waals surface area contributed by atoms with E-state index in [1.165, 1.54) is 32.1 Å². The largest absolute Gasteiger partial charge is 0.490 e. The molecule has 1 saturated carbocycles. The van der Waals surface area contributed by atoms with Gasteiger partial charge in [0.25, 0.3) is 15.9 Å². The molecule has 0 bridgehead atoms. The zero-order chi connectivity index (χ0) is 31.0. The molecular weight excluding hydrogens is 587 g/mol. The number of rotatable bonds is 6. The number of anilines is 2. The Balaban J connectivity index is 0.000000541. The van der Waals surface area contributed by atoms with E-state index >= 15 is 0 Å². The van der Waals surface area contributed by atoms with Gasteiger partial charge in [0.2, 0.25) is 0 Å². The quantitative estimate of drug-likeness (QED) is 0.445. The van der Waals surface area contributed by atoms with Crippen LogP contribution in [0.2, 0.25) is 0 Å². The van der Waals surface area contributed by atoms with Crippen molar-refractivity contribution in [1.82, 2.24) is 15.1 Å². The Labute approximate surface area is 249 Å². The molecule has 2 saturated heterocycles. The number of carboxylic acids is 1. The molecule has 3 N–H and O–H groups in total. The molecule has 1 amide bonds. The number of halogens is 3. The van der Waals surface area contributed by atoms with Gasteiger partial charge in [0.15, 0.2) is 0 Å². The molecule has 5 rings (SSSR count). The highest BCUT2D eigenvalue weighted by atomic mass is 32.2. The molecule has 0 atom stereocenters. The van der Waals surface area contributed by atoms with Gasteiger partial charge in [0.05, 0.1) is 16.3 Å². The number of benzene rings is 2. The number of sulfonamides is 1. The summed E-state index contributed by atoms with van der Waals surface area (Å²) in [5.41, 5.74) is 1.77. The van der Waals surface area contributed by atoms with Crippen molar-refractivity contribution in [1.29, 1.82) is 0 Å². The van der Waals surface area contributed by atoms with Crippen LogP contribution in [0.3, 0.4) is 0 Å². The van der Waals surface area contributed by atoms with Crippen molar-refractivity contribution in [3.05, 3.63) is 54.1 Å². The van der Waals surface area contributed by atoms with Crippen molar-refractivity contribution in [2.45, 2.75) is 49.2 Å². The Morgan fingerprint density at radius 2 is 1.49 bits per heavy atom. The van der Waals surface area contributed by atoms with Crippen LogP contribution in [-0.2, 0) is 14.8 Å². The number of carboxylic acid groups (broad SMARTS) is 1. The SMILES string of the molecule is O=C(O)C(F)(F)F.O=C(c1ccc(N2CCNCC2)c(NS(=O)(=O)c2ccccc2)c1)N1CCN(C2CCCCC2)CC1. The number of piperazine rings is 2. The summed E-state index contributed by atoms with van der Waals surface area (Å²) in [7, 11) is -3.79. The molecule has 3 aliphatic rings. The fourth-order valence-electron chi connectivity index (χ4n) is 5.65. The normalized spacial score (nSPS) is 18.9. The van der Waals surface area contributed by atoms with Crippen LogP contribution >= 0.6 is 0 Å². The van der Waals surface area contributed by atoms with E-state index in [9.17, 15) is 26.4 Å². The molecule has 3 fully saturated rings. The van der Waals surface area contributed by atoms with Gasteiger partial charge in [-0.2, -0.15) is 13.2 Å². The van der Waals surface area contributed by atoms with E-state index in [2.05, 4.69) is 19.8 Å². The predicted molar refractivity (Wildman–Crippen MR) is 157 cm³/mol. The van der Waals surface area contributed by atoms with Gasteiger partial charge in [-0.15, -0.1) is 0 Å². The highest BCUT2D eigenvalue weighted by molar-refractivity contribution is 7.92. The Morgan fingerprint density at radius 3 is 2.07 bits per heavy atom. The van der Waals surface area contributed by atoms with Gasteiger partial charge in [-0.1, -0.05) is 37.5 Å². The molecule has 236 valence electrons. The van der Waals surface area contributed by atoms with Crippen LogP contribution in [0.5, 0.6) is 0 Å². The molecule has 1 aliphatic carbocycles. The first-order chi connectivity index (χ1) is 20.5. The molecule has 2 aromatic carbocycles. The van der Waals surface area contributed by atoms with Crippen LogP contribution in [0.25, 0.3) is 0 Å². The lowest BCUT2D eigenvalue weighted by molar-refractivity contribution is -0.192. The van der Waals surface area contributed by atoms with Crippen molar-refractivity contribution in [3.63, 3.8) is 0 Å². The molecule has 2 aromatic rings. The predicted octanol–water partition coefficient (Wildman–Crippen LogP) is 3.62. The van der Waals surface area contributed by atoms with Crippen LogP contribution in [0, 0.1) is 0 Å². The summed E-state index contributed by atoms with van der Waals surface area (Å²) in [6.45, 7) is 6.44. The van der Waals surface area contributed by atoms with E-state index < -0.39 is 22.2 Å². The number of aliphatic carboxylic acids is 1. The zero-order valence-electron chi connectivity index (χ0n) is 23.9. The van der Waals surface area contributed by atoms with E-state index in [4.69, 9.17) is 9.90 Å². The molecule has 2 heterocycles. The molecule has 43 heavy (non-hydrogen) atoms. The summed E-state index contributed by atoms with van der Waals surface area (Å²) in [5, 5.41) is 10.5. The van der Waals surface area contributed by atoms with Crippen molar-refractivity contribution in [3.8, 4) is 0 Å². The Morgan fingerprint density at radius 1 is 0.884 bits per heavy atom. The zero-order valence-corrected chi connectivity index (χ0v) is 24.7. The van der Waals surface area contributed by atoms with Gasteiger partial charge in [0.1, 0.15) is 0 Å². The van der Waals surface area contributed by atoms with Gasteiger partial charge < -0.3 is 20.2 Å². The lowest BCUT2D eigenvalue weighted by Gasteiger charge is -2.40. The minimum absolute atomic E-state index is 0.0367. The number of nitrogens with zero attached hydrogens (tertiary/aromatic N) is 3. The first kappa shape index (κ1) is 32.6. The number of carbonyl (C=O) groups excluding carboxylic acids is 1. The minimum atomic E-state index is -5.08.